The maximum absolute atomic E-state index is 12.1. The molecule has 3 N–H and O–H groups in total. The number of hydrogen-bond acceptors (Lipinski definition) is 3. The molecule has 100 valence electrons. The summed E-state index contributed by atoms with van der Waals surface area (Å²) in [7, 11) is 1.61. The smallest absolute Gasteiger partial charge is 0.242 e. The summed E-state index contributed by atoms with van der Waals surface area (Å²) >= 11 is 0. The first kappa shape index (κ1) is 15.9. The Morgan fingerprint density at radius 3 is 2.12 bits per heavy atom. The summed E-state index contributed by atoms with van der Waals surface area (Å²) < 4.78 is 0. The van der Waals surface area contributed by atoms with Crippen LogP contribution in [0.2, 0.25) is 0 Å². The Morgan fingerprint density at radius 1 is 1.29 bits per heavy atom. The van der Waals surface area contributed by atoms with E-state index in [0.29, 0.717) is 12.8 Å². The van der Waals surface area contributed by atoms with Crippen LogP contribution in [0.25, 0.3) is 0 Å². The van der Waals surface area contributed by atoms with E-state index in [9.17, 15) is 9.59 Å². The van der Waals surface area contributed by atoms with E-state index in [1.54, 1.807) is 7.05 Å². The van der Waals surface area contributed by atoms with Gasteiger partial charge in [0.25, 0.3) is 0 Å². The summed E-state index contributed by atoms with van der Waals surface area (Å²) in [6.45, 7) is 7.57. The molecule has 5 heteroatoms. The topological polar surface area (TPSA) is 75.4 Å². The molecular weight excluding hydrogens is 218 g/mol. The zero-order valence-corrected chi connectivity index (χ0v) is 11.5. The number of hydrogen-bond donors (Lipinski definition) is 2. The van der Waals surface area contributed by atoms with E-state index in [1.807, 2.05) is 27.7 Å². The highest BCUT2D eigenvalue weighted by molar-refractivity contribution is 5.90. The largest absolute Gasteiger partial charge is 0.352 e. The van der Waals surface area contributed by atoms with E-state index in [0.717, 1.165) is 0 Å². The lowest BCUT2D eigenvalue weighted by Crippen LogP contribution is -2.55. The molecule has 0 aromatic heterocycles. The minimum Gasteiger partial charge on any atom is -0.352 e. The van der Waals surface area contributed by atoms with Crippen molar-refractivity contribution in [2.24, 2.45) is 5.73 Å². The van der Waals surface area contributed by atoms with Crippen LogP contribution in [0.5, 0.6) is 0 Å². The summed E-state index contributed by atoms with van der Waals surface area (Å²) in [5.41, 5.74) is 5.14. The van der Waals surface area contributed by atoms with Crippen molar-refractivity contribution in [1.29, 1.82) is 0 Å². The van der Waals surface area contributed by atoms with Crippen molar-refractivity contribution in [3.05, 3.63) is 0 Å². The molecule has 2 amide bonds. The Bertz CT molecular complexity index is 273. The highest BCUT2D eigenvalue weighted by Gasteiger charge is 2.33. The van der Waals surface area contributed by atoms with Crippen molar-refractivity contribution in [1.82, 2.24) is 10.2 Å². The van der Waals surface area contributed by atoms with Gasteiger partial charge >= 0.3 is 0 Å². The maximum Gasteiger partial charge on any atom is 0.242 e. The molecule has 0 heterocycles. The van der Waals surface area contributed by atoms with Crippen molar-refractivity contribution in [2.75, 3.05) is 13.6 Å². The number of likely N-dealkylation sites (N-methyl/N-ethyl adjacent to an activating group) is 1. The summed E-state index contributed by atoms with van der Waals surface area (Å²) in [6.07, 6.45) is 1.14. The van der Waals surface area contributed by atoms with E-state index in [1.165, 1.54) is 4.90 Å². The van der Waals surface area contributed by atoms with Crippen LogP contribution in [-0.4, -0.2) is 41.9 Å². The van der Waals surface area contributed by atoms with Gasteiger partial charge in [-0.2, -0.15) is 0 Å². The van der Waals surface area contributed by atoms with Gasteiger partial charge in [0, 0.05) is 13.1 Å². The summed E-state index contributed by atoms with van der Waals surface area (Å²) in [5.74, 6) is -0.341. The highest BCUT2D eigenvalue weighted by atomic mass is 16.2. The first-order valence-corrected chi connectivity index (χ1v) is 6.10. The second-order valence-electron chi connectivity index (χ2n) is 4.75. The van der Waals surface area contributed by atoms with Gasteiger partial charge in [-0.15, -0.1) is 0 Å². The molecule has 0 bridgehead atoms. The molecule has 0 fully saturated rings. The Morgan fingerprint density at radius 2 is 1.76 bits per heavy atom. The van der Waals surface area contributed by atoms with E-state index in [-0.39, 0.29) is 24.4 Å². The molecule has 0 aromatic carbocycles. The quantitative estimate of drug-likeness (QED) is 0.713. The Hall–Kier alpha value is -1.10. The summed E-state index contributed by atoms with van der Waals surface area (Å²) in [4.78, 5) is 25.0. The van der Waals surface area contributed by atoms with Gasteiger partial charge in [0.2, 0.25) is 11.8 Å². The lowest BCUT2D eigenvalue weighted by Gasteiger charge is -2.30. The van der Waals surface area contributed by atoms with E-state index in [4.69, 9.17) is 5.73 Å². The molecule has 5 nitrogen and oxygen atoms in total. The number of nitrogens with one attached hydrogen (secondary N) is 1. The van der Waals surface area contributed by atoms with Crippen LogP contribution in [0.4, 0.5) is 0 Å². The zero-order chi connectivity index (χ0) is 13.6. The van der Waals surface area contributed by atoms with Crippen LogP contribution >= 0.6 is 0 Å². The fourth-order valence-corrected chi connectivity index (χ4v) is 1.59. The van der Waals surface area contributed by atoms with Crippen molar-refractivity contribution >= 4 is 11.8 Å². The molecule has 0 aliphatic heterocycles. The lowest BCUT2D eigenvalue weighted by molar-refractivity contribution is -0.139. The van der Waals surface area contributed by atoms with Gasteiger partial charge in [-0.1, -0.05) is 13.8 Å². The van der Waals surface area contributed by atoms with Gasteiger partial charge < -0.3 is 16.0 Å². The molecule has 0 saturated heterocycles. The zero-order valence-electron chi connectivity index (χ0n) is 11.5. The third-order valence-electron chi connectivity index (χ3n) is 2.86. The summed E-state index contributed by atoms with van der Waals surface area (Å²) in [5, 5.41) is 2.74. The predicted octanol–water partition coefficient (Wildman–Crippen LogP) is 0.487. The van der Waals surface area contributed by atoms with Crippen LogP contribution in [0, 0.1) is 0 Å². The number of nitrogens with two attached hydrogens (primary N) is 1. The number of nitrogens with zero attached hydrogens (tertiary/aromatic N) is 1. The molecule has 0 rings (SSSR count). The molecule has 0 aromatic rings. The Labute approximate surface area is 104 Å². The number of rotatable bonds is 6. The third kappa shape index (κ3) is 4.73. The Balaban J connectivity index is 4.46. The fourth-order valence-electron chi connectivity index (χ4n) is 1.59. The van der Waals surface area contributed by atoms with Gasteiger partial charge in [-0.05, 0) is 26.7 Å². The van der Waals surface area contributed by atoms with E-state index >= 15 is 0 Å². The van der Waals surface area contributed by atoms with Gasteiger partial charge in [0.1, 0.15) is 0 Å². The van der Waals surface area contributed by atoms with Crippen LogP contribution in [0.1, 0.15) is 40.5 Å². The lowest BCUT2D eigenvalue weighted by atomic mass is 9.92. The van der Waals surface area contributed by atoms with Crippen molar-refractivity contribution < 1.29 is 9.59 Å². The van der Waals surface area contributed by atoms with Crippen LogP contribution in [0.15, 0.2) is 0 Å². The standard InChI is InChI=1S/C12H25N3O2/c1-6-12(13,7-2)11(17)15(5)8-10(16)14-9(3)4/h9H,6-8,13H2,1-5H3,(H,14,16). The van der Waals surface area contributed by atoms with Crippen LogP contribution < -0.4 is 11.1 Å². The molecule has 0 unspecified atom stereocenters. The molecule has 0 saturated carbocycles. The van der Waals surface area contributed by atoms with Gasteiger partial charge in [-0.3, -0.25) is 9.59 Å². The molecule has 0 spiro atoms. The first-order chi connectivity index (χ1) is 7.76. The highest BCUT2D eigenvalue weighted by Crippen LogP contribution is 2.14. The first-order valence-electron chi connectivity index (χ1n) is 6.10. The number of carbonyl (C=O) groups is 2. The van der Waals surface area contributed by atoms with Crippen molar-refractivity contribution in [3.8, 4) is 0 Å². The molecule has 0 atom stereocenters. The molecular formula is C12H25N3O2. The second kappa shape index (κ2) is 6.59. The van der Waals surface area contributed by atoms with Crippen LogP contribution in [0.3, 0.4) is 0 Å². The second-order valence-corrected chi connectivity index (χ2v) is 4.75. The molecule has 0 aliphatic carbocycles. The Kier molecular flexibility index (Phi) is 6.16. The van der Waals surface area contributed by atoms with Gasteiger partial charge in [0.15, 0.2) is 0 Å². The molecule has 0 radical (unpaired) electrons. The van der Waals surface area contributed by atoms with E-state index < -0.39 is 5.54 Å². The molecule has 0 aliphatic rings. The SMILES string of the molecule is CCC(N)(CC)C(=O)N(C)CC(=O)NC(C)C. The van der Waals surface area contributed by atoms with Crippen molar-refractivity contribution in [3.63, 3.8) is 0 Å². The van der Waals surface area contributed by atoms with Crippen molar-refractivity contribution in [2.45, 2.75) is 52.1 Å². The molecule has 17 heavy (non-hydrogen) atoms. The number of amides is 2. The average molecular weight is 243 g/mol. The minimum atomic E-state index is -0.854. The normalized spacial score (nSPS) is 11.5. The fraction of sp³-hybridized carbons (Fsp3) is 0.833. The third-order valence-corrected chi connectivity index (χ3v) is 2.86. The summed E-state index contributed by atoms with van der Waals surface area (Å²) in [6, 6.07) is 0.0750. The van der Waals surface area contributed by atoms with Gasteiger partial charge in [0.05, 0.1) is 12.1 Å². The monoisotopic (exact) mass is 243 g/mol. The van der Waals surface area contributed by atoms with E-state index in [2.05, 4.69) is 5.32 Å². The predicted molar refractivity (Wildman–Crippen MR) is 68.4 cm³/mol. The number of carbonyl (C=O) groups excluding carboxylic acids is 2. The average Bonchev–Trinajstić information content (AvgIpc) is 2.25. The van der Waals surface area contributed by atoms with Gasteiger partial charge in [-0.25, -0.2) is 0 Å². The van der Waals surface area contributed by atoms with Crippen LogP contribution in [-0.2, 0) is 9.59 Å². The maximum atomic E-state index is 12.1. The minimum absolute atomic E-state index is 0.0516.